The Labute approximate surface area is 123 Å². The molecule has 0 aromatic carbocycles. The van der Waals surface area contributed by atoms with E-state index in [4.69, 9.17) is 4.52 Å². The van der Waals surface area contributed by atoms with Crippen molar-refractivity contribution in [1.29, 1.82) is 0 Å². The van der Waals surface area contributed by atoms with Crippen molar-refractivity contribution in [3.8, 4) is 0 Å². The smallest absolute Gasteiger partial charge is 0.223 e. The normalized spacial score (nSPS) is 19.7. The van der Waals surface area contributed by atoms with Crippen molar-refractivity contribution < 1.29 is 4.52 Å². The summed E-state index contributed by atoms with van der Waals surface area (Å²) in [6.07, 6.45) is 4.51. The molecule has 0 bridgehead atoms. The van der Waals surface area contributed by atoms with Crippen LogP contribution in [0.1, 0.15) is 18.1 Å². The summed E-state index contributed by atoms with van der Waals surface area (Å²) in [6.45, 7) is 6.64. The molecule has 1 aliphatic heterocycles. The first kappa shape index (κ1) is 14.2. The molecule has 8 heteroatoms. The van der Waals surface area contributed by atoms with Crippen molar-refractivity contribution in [3.63, 3.8) is 0 Å². The molecule has 1 fully saturated rings. The lowest BCUT2D eigenvalue weighted by atomic mass is 10.2. The molecule has 21 heavy (non-hydrogen) atoms. The van der Waals surface area contributed by atoms with E-state index in [1.165, 1.54) is 6.42 Å². The lowest BCUT2D eigenvalue weighted by Gasteiger charge is -2.23. The van der Waals surface area contributed by atoms with Gasteiger partial charge in [-0.3, -0.25) is 14.5 Å². The predicted octanol–water partition coefficient (Wildman–Crippen LogP) is 0.176. The van der Waals surface area contributed by atoms with Crippen LogP contribution in [-0.2, 0) is 13.1 Å². The highest BCUT2D eigenvalue weighted by atomic mass is 16.5. The Morgan fingerprint density at radius 2 is 2.33 bits per heavy atom. The summed E-state index contributed by atoms with van der Waals surface area (Å²) in [4.78, 5) is 13.0. The van der Waals surface area contributed by atoms with Crippen molar-refractivity contribution in [3.05, 3.63) is 24.4 Å². The van der Waals surface area contributed by atoms with E-state index in [0.29, 0.717) is 11.9 Å². The number of likely N-dealkylation sites (tertiary alicyclic amines) is 1. The molecule has 0 radical (unpaired) electrons. The van der Waals surface area contributed by atoms with E-state index < -0.39 is 0 Å². The van der Waals surface area contributed by atoms with Crippen LogP contribution in [0.5, 0.6) is 0 Å². The average Bonchev–Trinajstić information content (AvgIpc) is 3.17. The standard InChI is InChI=1S/C13H21N7O/c1-11-16-13(17-21-11)8-18(2)12-3-4-19(7-12)5-6-20-10-14-9-15-20/h9-10,12H,3-8H2,1-2H3/t12-/m1/s1. The number of nitrogens with zero attached hydrogens (tertiary/aromatic N) is 7. The van der Waals surface area contributed by atoms with E-state index in [1.807, 2.05) is 11.6 Å². The molecular formula is C13H21N7O. The maximum atomic E-state index is 5.02. The van der Waals surface area contributed by atoms with Gasteiger partial charge in [-0.1, -0.05) is 5.16 Å². The maximum absolute atomic E-state index is 5.02. The second kappa shape index (κ2) is 6.31. The van der Waals surface area contributed by atoms with Crippen LogP contribution in [0.25, 0.3) is 0 Å². The van der Waals surface area contributed by atoms with Crippen LogP contribution in [0.15, 0.2) is 17.2 Å². The van der Waals surface area contributed by atoms with Crippen molar-refractivity contribution >= 4 is 0 Å². The first-order valence-corrected chi connectivity index (χ1v) is 7.25. The largest absolute Gasteiger partial charge is 0.340 e. The quantitative estimate of drug-likeness (QED) is 0.751. The third-order valence-corrected chi connectivity index (χ3v) is 3.94. The van der Waals surface area contributed by atoms with Crippen LogP contribution >= 0.6 is 0 Å². The summed E-state index contributed by atoms with van der Waals surface area (Å²) >= 11 is 0. The minimum absolute atomic E-state index is 0.541. The second-order valence-corrected chi connectivity index (χ2v) is 5.55. The Balaban J connectivity index is 1.45. The molecular weight excluding hydrogens is 270 g/mol. The number of likely N-dealkylation sites (N-methyl/N-ethyl adjacent to an activating group) is 1. The summed E-state index contributed by atoms with van der Waals surface area (Å²) in [5.41, 5.74) is 0. The molecule has 1 aliphatic rings. The van der Waals surface area contributed by atoms with Crippen molar-refractivity contribution in [2.24, 2.45) is 0 Å². The molecule has 1 saturated heterocycles. The fraction of sp³-hybridized carbons (Fsp3) is 0.692. The lowest BCUT2D eigenvalue weighted by Crippen LogP contribution is -2.35. The van der Waals surface area contributed by atoms with Crippen LogP contribution in [0.3, 0.4) is 0 Å². The molecule has 2 aromatic heterocycles. The zero-order valence-electron chi connectivity index (χ0n) is 12.5. The Bertz CT molecular complexity index is 553. The summed E-state index contributed by atoms with van der Waals surface area (Å²) in [7, 11) is 2.12. The van der Waals surface area contributed by atoms with Gasteiger partial charge in [0.25, 0.3) is 0 Å². The van der Waals surface area contributed by atoms with E-state index in [-0.39, 0.29) is 0 Å². The van der Waals surface area contributed by atoms with Crippen LogP contribution in [0, 0.1) is 6.92 Å². The van der Waals surface area contributed by atoms with Gasteiger partial charge in [-0.15, -0.1) is 0 Å². The molecule has 0 spiro atoms. The molecule has 3 heterocycles. The summed E-state index contributed by atoms with van der Waals surface area (Å²) in [5, 5.41) is 8.09. The molecule has 3 rings (SSSR count). The highest BCUT2D eigenvalue weighted by Gasteiger charge is 2.26. The van der Waals surface area contributed by atoms with Gasteiger partial charge in [0, 0.05) is 26.1 Å². The minimum Gasteiger partial charge on any atom is -0.340 e. The Morgan fingerprint density at radius 3 is 3.05 bits per heavy atom. The third-order valence-electron chi connectivity index (χ3n) is 3.94. The van der Waals surface area contributed by atoms with Crippen LogP contribution < -0.4 is 0 Å². The number of hydrogen-bond donors (Lipinski definition) is 0. The minimum atomic E-state index is 0.541. The topological polar surface area (TPSA) is 76.1 Å². The van der Waals surface area contributed by atoms with Gasteiger partial charge in [-0.2, -0.15) is 10.1 Å². The number of hydrogen-bond acceptors (Lipinski definition) is 7. The van der Waals surface area contributed by atoms with Gasteiger partial charge >= 0.3 is 0 Å². The fourth-order valence-corrected chi connectivity index (χ4v) is 2.72. The zero-order chi connectivity index (χ0) is 14.7. The molecule has 0 unspecified atom stereocenters. The van der Waals surface area contributed by atoms with Crippen molar-refractivity contribution in [1.82, 2.24) is 34.7 Å². The van der Waals surface area contributed by atoms with Gasteiger partial charge in [0.15, 0.2) is 5.82 Å². The molecule has 0 N–H and O–H groups in total. The van der Waals surface area contributed by atoms with E-state index in [9.17, 15) is 0 Å². The van der Waals surface area contributed by atoms with Crippen molar-refractivity contribution in [2.45, 2.75) is 32.5 Å². The fourth-order valence-electron chi connectivity index (χ4n) is 2.72. The molecule has 114 valence electrons. The molecule has 2 aromatic rings. The predicted molar refractivity (Wildman–Crippen MR) is 75.4 cm³/mol. The van der Waals surface area contributed by atoms with Gasteiger partial charge in [-0.25, -0.2) is 4.98 Å². The third kappa shape index (κ3) is 3.64. The zero-order valence-corrected chi connectivity index (χ0v) is 12.5. The van der Waals surface area contributed by atoms with Gasteiger partial charge in [0.1, 0.15) is 12.7 Å². The number of aromatic nitrogens is 5. The molecule has 1 atom stereocenters. The lowest BCUT2D eigenvalue weighted by molar-refractivity contribution is 0.215. The monoisotopic (exact) mass is 291 g/mol. The van der Waals surface area contributed by atoms with Gasteiger partial charge < -0.3 is 4.52 Å². The number of aryl methyl sites for hydroxylation is 1. The van der Waals surface area contributed by atoms with Crippen LogP contribution in [-0.4, -0.2) is 67.4 Å². The number of rotatable bonds is 6. The second-order valence-electron chi connectivity index (χ2n) is 5.55. The van der Waals surface area contributed by atoms with E-state index >= 15 is 0 Å². The Kier molecular flexibility index (Phi) is 4.26. The van der Waals surface area contributed by atoms with E-state index in [1.54, 1.807) is 12.7 Å². The molecule has 0 saturated carbocycles. The van der Waals surface area contributed by atoms with Gasteiger partial charge in [0.2, 0.25) is 5.89 Å². The summed E-state index contributed by atoms with van der Waals surface area (Å²) in [6, 6.07) is 0.541. The highest BCUT2D eigenvalue weighted by Crippen LogP contribution is 2.15. The first-order valence-electron chi connectivity index (χ1n) is 7.25. The first-order chi connectivity index (χ1) is 10.2. The van der Waals surface area contributed by atoms with Crippen molar-refractivity contribution in [2.75, 3.05) is 26.7 Å². The molecule has 0 amide bonds. The SMILES string of the molecule is Cc1nc(CN(C)[C@@H]2CCN(CCn3cncn3)C2)no1. The van der Waals surface area contributed by atoms with Gasteiger partial charge in [0.05, 0.1) is 13.1 Å². The Hall–Kier alpha value is -1.80. The van der Waals surface area contributed by atoms with E-state index in [2.05, 4.69) is 37.1 Å². The maximum Gasteiger partial charge on any atom is 0.223 e. The highest BCUT2D eigenvalue weighted by molar-refractivity contribution is 4.88. The van der Waals surface area contributed by atoms with Crippen LogP contribution in [0.2, 0.25) is 0 Å². The summed E-state index contributed by atoms with van der Waals surface area (Å²) < 4.78 is 6.89. The summed E-state index contributed by atoms with van der Waals surface area (Å²) in [5.74, 6) is 1.38. The molecule has 0 aliphatic carbocycles. The van der Waals surface area contributed by atoms with E-state index in [0.717, 1.165) is 38.5 Å². The Morgan fingerprint density at radius 1 is 1.43 bits per heavy atom. The van der Waals surface area contributed by atoms with Crippen LogP contribution in [0.4, 0.5) is 0 Å². The molecule has 8 nitrogen and oxygen atoms in total. The average molecular weight is 291 g/mol. The van der Waals surface area contributed by atoms with Gasteiger partial charge in [-0.05, 0) is 20.0 Å².